The number of halogens is 1. The van der Waals surface area contributed by atoms with Gasteiger partial charge in [-0.25, -0.2) is 9.97 Å². The summed E-state index contributed by atoms with van der Waals surface area (Å²) in [6.45, 7) is 4.10. The number of anilines is 1. The van der Waals surface area contributed by atoms with E-state index in [9.17, 15) is 0 Å². The average Bonchev–Trinajstić information content (AvgIpc) is 2.93. The molecule has 104 valence electrons. The highest BCUT2D eigenvalue weighted by molar-refractivity contribution is 6.29. The molecule has 1 aromatic rings. The molecule has 0 unspecified atom stereocenters. The zero-order valence-electron chi connectivity index (χ0n) is 11.5. The third kappa shape index (κ3) is 3.00. The van der Waals surface area contributed by atoms with E-state index in [-0.39, 0.29) is 0 Å². The topological polar surface area (TPSA) is 32.3 Å². The molecule has 3 rings (SSSR count). The van der Waals surface area contributed by atoms with Crippen molar-refractivity contribution in [3.63, 3.8) is 0 Å². The van der Waals surface area contributed by atoms with Crippen molar-refractivity contribution >= 4 is 17.5 Å². The van der Waals surface area contributed by atoms with Crippen LogP contribution in [-0.2, 0) is 0 Å². The van der Waals surface area contributed by atoms with Crippen LogP contribution in [0.15, 0.2) is 6.07 Å². The summed E-state index contributed by atoms with van der Waals surface area (Å²) in [6.07, 6.45) is 5.12. The van der Waals surface area contributed by atoms with Crippen LogP contribution in [0, 0.1) is 0 Å². The first-order valence-electron chi connectivity index (χ1n) is 7.20. The molecular weight excluding hydrogens is 260 g/mol. The predicted octanol–water partition coefficient (Wildman–Crippen LogP) is 2.54. The third-order valence-corrected chi connectivity index (χ3v) is 4.46. The molecule has 0 atom stereocenters. The zero-order valence-corrected chi connectivity index (χ0v) is 12.2. The Bertz CT molecular complexity index is 437. The zero-order chi connectivity index (χ0) is 13.2. The lowest BCUT2D eigenvalue weighted by molar-refractivity contribution is 0.311. The summed E-state index contributed by atoms with van der Waals surface area (Å²) in [4.78, 5) is 13.8. The first-order valence-corrected chi connectivity index (χ1v) is 7.58. The van der Waals surface area contributed by atoms with Crippen LogP contribution in [0.2, 0.25) is 5.15 Å². The average molecular weight is 281 g/mol. The molecule has 0 aromatic carbocycles. The number of hydrogen-bond donors (Lipinski definition) is 0. The molecule has 1 aromatic heterocycles. The van der Waals surface area contributed by atoms with Crippen LogP contribution in [0.4, 0.5) is 5.95 Å². The van der Waals surface area contributed by atoms with Gasteiger partial charge in [0, 0.05) is 32.1 Å². The number of rotatable bonds is 2. The van der Waals surface area contributed by atoms with E-state index in [1.54, 1.807) is 0 Å². The smallest absolute Gasteiger partial charge is 0.227 e. The van der Waals surface area contributed by atoms with E-state index < -0.39 is 0 Å². The molecule has 1 aliphatic heterocycles. The molecule has 1 saturated heterocycles. The van der Waals surface area contributed by atoms with Gasteiger partial charge in [-0.1, -0.05) is 24.4 Å². The molecule has 2 fully saturated rings. The highest BCUT2D eigenvalue weighted by Gasteiger charge is 2.22. The number of hydrogen-bond acceptors (Lipinski definition) is 4. The number of likely N-dealkylation sites (N-methyl/N-ethyl adjacent to an activating group) is 1. The fourth-order valence-electron chi connectivity index (χ4n) is 3.00. The van der Waals surface area contributed by atoms with Crippen molar-refractivity contribution < 1.29 is 0 Å². The molecule has 2 heterocycles. The van der Waals surface area contributed by atoms with Gasteiger partial charge in [0.1, 0.15) is 5.15 Å². The van der Waals surface area contributed by atoms with E-state index >= 15 is 0 Å². The van der Waals surface area contributed by atoms with E-state index in [4.69, 9.17) is 16.6 Å². The number of nitrogens with zero attached hydrogens (tertiary/aromatic N) is 4. The Morgan fingerprint density at radius 3 is 2.47 bits per heavy atom. The van der Waals surface area contributed by atoms with Gasteiger partial charge in [-0.2, -0.15) is 0 Å². The largest absolute Gasteiger partial charge is 0.338 e. The van der Waals surface area contributed by atoms with Gasteiger partial charge in [-0.05, 0) is 26.0 Å². The van der Waals surface area contributed by atoms with Crippen LogP contribution in [-0.4, -0.2) is 48.1 Å². The maximum absolute atomic E-state index is 6.19. The molecule has 0 N–H and O–H groups in total. The van der Waals surface area contributed by atoms with Crippen molar-refractivity contribution in [2.75, 3.05) is 38.1 Å². The third-order valence-electron chi connectivity index (χ3n) is 4.26. The fraction of sp³-hybridized carbons (Fsp3) is 0.714. The Kier molecular flexibility index (Phi) is 3.89. The molecule has 0 amide bonds. The Balaban J connectivity index is 1.80. The van der Waals surface area contributed by atoms with Gasteiger partial charge < -0.3 is 9.80 Å². The van der Waals surface area contributed by atoms with Crippen LogP contribution in [0.3, 0.4) is 0 Å². The van der Waals surface area contributed by atoms with Crippen molar-refractivity contribution in [2.45, 2.75) is 31.6 Å². The molecular formula is C14H21ClN4. The number of piperazine rings is 1. The summed E-state index contributed by atoms with van der Waals surface area (Å²) in [5.74, 6) is 1.41. The minimum Gasteiger partial charge on any atom is -0.338 e. The summed E-state index contributed by atoms with van der Waals surface area (Å²) < 4.78 is 0. The molecule has 2 aliphatic rings. The van der Waals surface area contributed by atoms with Gasteiger partial charge in [0.05, 0.1) is 5.69 Å². The van der Waals surface area contributed by atoms with Gasteiger partial charge in [-0.3, -0.25) is 0 Å². The SMILES string of the molecule is CN1CCN(c2nc(Cl)cc(C3CCCC3)n2)CC1. The van der Waals surface area contributed by atoms with Gasteiger partial charge in [0.25, 0.3) is 0 Å². The molecule has 1 aliphatic carbocycles. The highest BCUT2D eigenvalue weighted by atomic mass is 35.5. The second kappa shape index (κ2) is 5.63. The van der Waals surface area contributed by atoms with Crippen LogP contribution < -0.4 is 4.90 Å². The van der Waals surface area contributed by atoms with E-state index in [0.29, 0.717) is 11.1 Å². The second-order valence-electron chi connectivity index (χ2n) is 5.69. The standard InChI is InChI=1S/C14H21ClN4/c1-18-6-8-19(9-7-18)14-16-12(10-13(15)17-14)11-4-2-3-5-11/h10-11H,2-9H2,1H3. The summed E-state index contributed by atoms with van der Waals surface area (Å²) >= 11 is 6.19. The Morgan fingerprint density at radius 1 is 1.11 bits per heavy atom. The van der Waals surface area contributed by atoms with Crippen molar-refractivity contribution in [3.05, 3.63) is 16.9 Å². The second-order valence-corrected chi connectivity index (χ2v) is 6.07. The maximum atomic E-state index is 6.19. The van der Waals surface area contributed by atoms with Gasteiger partial charge >= 0.3 is 0 Å². The van der Waals surface area contributed by atoms with Crippen molar-refractivity contribution in [1.29, 1.82) is 0 Å². The summed E-state index contributed by atoms with van der Waals surface area (Å²) in [6, 6.07) is 1.96. The lowest BCUT2D eigenvalue weighted by atomic mass is 10.0. The predicted molar refractivity (Wildman–Crippen MR) is 78.0 cm³/mol. The Morgan fingerprint density at radius 2 is 1.79 bits per heavy atom. The van der Waals surface area contributed by atoms with E-state index in [1.165, 1.54) is 25.7 Å². The minimum absolute atomic E-state index is 0.589. The van der Waals surface area contributed by atoms with E-state index in [0.717, 1.165) is 37.8 Å². The summed E-state index contributed by atoms with van der Waals surface area (Å²) in [5.41, 5.74) is 1.14. The maximum Gasteiger partial charge on any atom is 0.227 e. The summed E-state index contributed by atoms with van der Waals surface area (Å²) in [5, 5.41) is 0.589. The van der Waals surface area contributed by atoms with Crippen LogP contribution in [0.5, 0.6) is 0 Å². The first-order chi connectivity index (χ1) is 9.22. The van der Waals surface area contributed by atoms with Crippen molar-refractivity contribution in [1.82, 2.24) is 14.9 Å². The van der Waals surface area contributed by atoms with E-state index in [1.807, 2.05) is 6.07 Å². The fourth-order valence-corrected chi connectivity index (χ4v) is 3.19. The monoisotopic (exact) mass is 280 g/mol. The highest BCUT2D eigenvalue weighted by Crippen LogP contribution is 2.34. The molecule has 19 heavy (non-hydrogen) atoms. The number of aromatic nitrogens is 2. The van der Waals surface area contributed by atoms with Crippen molar-refractivity contribution in [2.24, 2.45) is 0 Å². The first kappa shape index (κ1) is 13.1. The van der Waals surface area contributed by atoms with E-state index in [2.05, 4.69) is 21.8 Å². The van der Waals surface area contributed by atoms with Gasteiger partial charge in [0.15, 0.2) is 0 Å². The molecule has 0 spiro atoms. The molecule has 4 nitrogen and oxygen atoms in total. The lowest BCUT2D eigenvalue weighted by Crippen LogP contribution is -2.45. The lowest BCUT2D eigenvalue weighted by Gasteiger charge is -2.32. The summed E-state index contributed by atoms with van der Waals surface area (Å²) in [7, 11) is 2.15. The molecule has 0 radical (unpaired) electrons. The van der Waals surface area contributed by atoms with Crippen LogP contribution in [0.25, 0.3) is 0 Å². The van der Waals surface area contributed by atoms with Gasteiger partial charge in [0.2, 0.25) is 5.95 Å². The normalized spacial score (nSPS) is 22.1. The van der Waals surface area contributed by atoms with Crippen LogP contribution >= 0.6 is 11.6 Å². The van der Waals surface area contributed by atoms with Gasteiger partial charge in [-0.15, -0.1) is 0 Å². The van der Waals surface area contributed by atoms with Crippen molar-refractivity contribution in [3.8, 4) is 0 Å². The molecule has 1 saturated carbocycles. The quantitative estimate of drug-likeness (QED) is 0.780. The minimum atomic E-state index is 0.589. The van der Waals surface area contributed by atoms with Crippen LogP contribution in [0.1, 0.15) is 37.3 Å². The molecule has 5 heteroatoms. The Hall–Kier alpha value is -0.870. The molecule has 0 bridgehead atoms. The Labute approximate surface area is 119 Å².